The molecule has 1 atom stereocenters. The van der Waals surface area contributed by atoms with Crippen LogP contribution < -0.4 is 10.5 Å². The van der Waals surface area contributed by atoms with Crippen LogP contribution in [0.1, 0.15) is 24.2 Å². The minimum atomic E-state index is -0.642. The van der Waals surface area contributed by atoms with Gasteiger partial charge in [-0.3, -0.25) is 14.6 Å². The smallest absolute Gasteiger partial charge is 0.303 e. The largest absolute Gasteiger partial charge is 0.489 e. The summed E-state index contributed by atoms with van der Waals surface area (Å²) in [5.74, 6) is -0.774. The molecule has 0 saturated heterocycles. The molecule has 1 heterocycles. The number of halogens is 1. The summed E-state index contributed by atoms with van der Waals surface area (Å²) in [5.41, 5.74) is 6.14. The molecule has 0 radical (unpaired) electrons. The minimum Gasteiger partial charge on any atom is -0.489 e. The van der Waals surface area contributed by atoms with Gasteiger partial charge < -0.3 is 15.2 Å². The van der Waals surface area contributed by atoms with Gasteiger partial charge >= 0.3 is 5.97 Å². The highest BCUT2D eigenvalue weighted by Crippen LogP contribution is 2.29. The maximum absolute atomic E-state index is 11.6. The third kappa shape index (κ3) is 3.65. The number of amides is 1. The van der Waals surface area contributed by atoms with E-state index in [2.05, 4.69) is 4.98 Å². The number of hydrogen-bond acceptors (Lipinski definition) is 5. The van der Waals surface area contributed by atoms with E-state index in [-0.39, 0.29) is 17.9 Å². The molecule has 7 heteroatoms. The van der Waals surface area contributed by atoms with Crippen LogP contribution in [0.3, 0.4) is 0 Å². The van der Waals surface area contributed by atoms with Crippen molar-refractivity contribution in [1.82, 2.24) is 4.98 Å². The van der Waals surface area contributed by atoms with Gasteiger partial charge in [0.05, 0.1) is 16.1 Å². The molecule has 1 aromatic heterocycles. The van der Waals surface area contributed by atoms with Crippen molar-refractivity contribution in [3.05, 3.63) is 35.0 Å². The van der Waals surface area contributed by atoms with Crippen molar-refractivity contribution >= 4 is 34.4 Å². The van der Waals surface area contributed by atoms with Gasteiger partial charge in [-0.2, -0.15) is 0 Å². The fraction of sp³-hybridized carbons (Fsp3) is 0.267. The Balaban J connectivity index is 2.33. The van der Waals surface area contributed by atoms with Crippen LogP contribution in [0, 0.1) is 0 Å². The molecule has 0 spiro atoms. The van der Waals surface area contributed by atoms with Crippen molar-refractivity contribution in [3.63, 3.8) is 0 Å². The summed E-state index contributed by atoms with van der Waals surface area (Å²) in [4.78, 5) is 26.6. The Morgan fingerprint density at radius 1 is 1.41 bits per heavy atom. The highest BCUT2D eigenvalue weighted by Gasteiger charge is 2.15. The van der Waals surface area contributed by atoms with Gasteiger partial charge in [-0.15, -0.1) is 0 Å². The molecule has 2 N–H and O–H groups in total. The quantitative estimate of drug-likeness (QED) is 0.853. The van der Waals surface area contributed by atoms with E-state index < -0.39 is 18.0 Å². The van der Waals surface area contributed by atoms with Crippen LogP contribution in [-0.2, 0) is 9.53 Å². The second kappa shape index (κ2) is 6.62. The number of nitrogens with two attached hydrogens (primary N) is 1. The maximum atomic E-state index is 11.6. The van der Waals surface area contributed by atoms with Gasteiger partial charge in [-0.25, -0.2) is 0 Å². The first kappa shape index (κ1) is 16.0. The van der Waals surface area contributed by atoms with Crippen LogP contribution in [0.5, 0.6) is 5.75 Å². The Kier molecular flexibility index (Phi) is 4.82. The molecule has 6 nitrogen and oxygen atoms in total. The molecule has 0 fully saturated rings. The molecular formula is C15H15ClN2O4. The molecule has 0 aliphatic carbocycles. The molecule has 2 aromatic rings. The molecule has 2 rings (SSSR count). The van der Waals surface area contributed by atoms with E-state index >= 15 is 0 Å². The molecule has 116 valence electrons. The van der Waals surface area contributed by atoms with E-state index in [1.807, 2.05) is 0 Å². The Morgan fingerprint density at radius 2 is 2.14 bits per heavy atom. The number of carbonyl (C=O) groups excluding carboxylic acids is 2. The second-order valence-corrected chi connectivity index (χ2v) is 5.16. The lowest BCUT2D eigenvalue weighted by atomic mass is 10.1. The van der Waals surface area contributed by atoms with E-state index in [9.17, 15) is 9.59 Å². The Bertz CT molecular complexity index is 733. The second-order valence-electron chi connectivity index (χ2n) is 4.75. The lowest BCUT2D eigenvalue weighted by Crippen LogP contribution is -2.22. The van der Waals surface area contributed by atoms with Crippen molar-refractivity contribution in [2.75, 3.05) is 6.61 Å². The van der Waals surface area contributed by atoms with Crippen molar-refractivity contribution in [2.24, 2.45) is 5.73 Å². The number of rotatable bonds is 5. The Labute approximate surface area is 132 Å². The predicted octanol–water partition coefficient (Wildman–Crippen LogP) is 2.32. The number of nitrogens with zero attached hydrogens (tertiary/aromatic N) is 1. The first-order chi connectivity index (χ1) is 10.4. The number of pyridine rings is 1. The molecule has 0 bridgehead atoms. The van der Waals surface area contributed by atoms with Gasteiger partial charge in [0.25, 0.3) is 5.91 Å². The number of benzene rings is 1. The molecule has 1 unspecified atom stereocenters. The first-order valence-electron chi connectivity index (χ1n) is 6.56. The summed E-state index contributed by atoms with van der Waals surface area (Å²) in [7, 11) is 0. The highest BCUT2D eigenvalue weighted by molar-refractivity contribution is 6.35. The van der Waals surface area contributed by atoms with Crippen molar-refractivity contribution in [3.8, 4) is 5.75 Å². The fourth-order valence-electron chi connectivity index (χ4n) is 1.98. The number of fused-ring (bicyclic) bond motifs is 1. The number of ether oxygens (including phenoxy) is 2. The fourth-order valence-corrected chi connectivity index (χ4v) is 2.18. The summed E-state index contributed by atoms with van der Waals surface area (Å²) in [6, 6.07) is 4.75. The van der Waals surface area contributed by atoms with Crippen molar-refractivity contribution in [2.45, 2.75) is 20.0 Å². The Hall–Kier alpha value is -2.34. The summed E-state index contributed by atoms with van der Waals surface area (Å²) in [6.07, 6.45) is 1.10. The maximum Gasteiger partial charge on any atom is 0.303 e. The first-order valence-corrected chi connectivity index (χ1v) is 6.94. The number of aromatic nitrogens is 1. The van der Waals surface area contributed by atoms with E-state index in [4.69, 9.17) is 26.8 Å². The highest BCUT2D eigenvalue weighted by atomic mass is 35.5. The topological polar surface area (TPSA) is 91.5 Å². The summed E-state index contributed by atoms with van der Waals surface area (Å²) < 4.78 is 10.5. The zero-order valence-electron chi connectivity index (χ0n) is 12.1. The monoisotopic (exact) mass is 322 g/mol. The van der Waals surface area contributed by atoms with Gasteiger partial charge in [0.2, 0.25) is 0 Å². The van der Waals surface area contributed by atoms with Crippen LogP contribution in [0.25, 0.3) is 10.9 Å². The van der Waals surface area contributed by atoms with Gasteiger partial charge in [0.15, 0.2) is 0 Å². The van der Waals surface area contributed by atoms with Gasteiger partial charge in [0, 0.05) is 24.6 Å². The van der Waals surface area contributed by atoms with Crippen LogP contribution in [0.15, 0.2) is 24.4 Å². The van der Waals surface area contributed by atoms with Gasteiger partial charge in [-0.1, -0.05) is 11.6 Å². The van der Waals surface area contributed by atoms with Crippen LogP contribution in [0.2, 0.25) is 5.02 Å². The van der Waals surface area contributed by atoms with E-state index in [1.165, 1.54) is 6.92 Å². The average Bonchev–Trinajstić information content (AvgIpc) is 2.43. The van der Waals surface area contributed by atoms with Gasteiger partial charge in [0.1, 0.15) is 18.5 Å². The van der Waals surface area contributed by atoms with Crippen molar-refractivity contribution < 1.29 is 19.1 Å². The third-order valence-electron chi connectivity index (χ3n) is 2.90. The number of esters is 1. The lowest BCUT2D eigenvalue weighted by Gasteiger charge is -2.15. The Morgan fingerprint density at radius 3 is 2.77 bits per heavy atom. The van der Waals surface area contributed by atoms with Crippen molar-refractivity contribution in [1.29, 1.82) is 0 Å². The number of hydrogen-bond donors (Lipinski definition) is 1. The molecule has 1 aromatic carbocycles. The molecule has 0 aliphatic heterocycles. The zero-order valence-corrected chi connectivity index (χ0v) is 12.9. The van der Waals surface area contributed by atoms with Crippen LogP contribution in [-0.4, -0.2) is 29.6 Å². The number of carbonyl (C=O) groups is 2. The predicted molar refractivity (Wildman–Crippen MR) is 82.0 cm³/mol. The van der Waals surface area contributed by atoms with E-state index in [0.29, 0.717) is 15.9 Å². The summed E-state index contributed by atoms with van der Waals surface area (Å²) >= 11 is 6.08. The van der Waals surface area contributed by atoms with E-state index in [0.717, 1.165) is 0 Å². The van der Waals surface area contributed by atoms with E-state index in [1.54, 1.807) is 31.3 Å². The van der Waals surface area contributed by atoms with Gasteiger partial charge in [-0.05, 0) is 19.1 Å². The summed E-state index contributed by atoms with van der Waals surface area (Å²) in [6.45, 7) is 3.08. The molecule has 1 amide bonds. The molecular weight excluding hydrogens is 308 g/mol. The molecule has 0 aliphatic rings. The zero-order chi connectivity index (χ0) is 16.3. The van der Waals surface area contributed by atoms with Crippen LogP contribution in [0.4, 0.5) is 0 Å². The lowest BCUT2D eigenvalue weighted by molar-refractivity contribution is -0.146. The van der Waals surface area contributed by atoms with Crippen LogP contribution >= 0.6 is 11.6 Å². The summed E-state index contributed by atoms with van der Waals surface area (Å²) in [5, 5.41) is 1.07. The normalized spacial score (nSPS) is 12.0. The molecule has 22 heavy (non-hydrogen) atoms. The SMILES string of the molecule is CC(=O)OC(C)COc1cc2nccc(Cl)c2cc1C(N)=O. The third-order valence-corrected chi connectivity index (χ3v) is 3.23. The molecule has 0 saturated carbocycles. The minimum absolute atomic E-state index is 0.0892. The average molecular weight is 323 g/mol. The number of primary amides is 1. The standard InChI is InChI=1S/C15H15ClN2O4/c1-8(22-9(2)19)7-21-14-6-13-10(5-11(14)15(17)20)12(16)3-4-18-13/h3-6,8H,7H2,1-2H3,(H2,17,20).